The summed E-state index contributed by atoms with van der Waals surface area (Å²) < 4.78 is 5.51. The Morgan fingerprint density at radius 3 is 2.36 bits per heavy atom. The van der Waals surface area contributed by atoms with E-state index in [1.54, 1.807) is 0 Å². The molecule has 0 bridgehead atoms. The van der Waals surface area contributed by atoms with Gasteiger partial charge in [0.05, 0.1) is 6.10 Å². The maximum Gasteiger partial charge on any atom is 0.0574 e. The lowest BCUT2D eigenvalue weighted by atomic mass is 9.66. The average molecular weight is 198 g/mol. The van der Waals surface area contributed by atoms with Crippen LogP contribution in [0, 0.1) is 11.3 Å². The lowest BCUT2D eigenvalue weighted by molar-refractivity contribution is 0.0106. The highest BCUT2D eigenvalue weighted by molar-refractivity contribution is 4.85. The maximum atomic E-state index is 5.51. The van der Waals surface area contributed by atoms with Crippen LogP contribution >= 0.6 is 0 Å². The highest BCUT2D eigenvalue weighted by Crippen LogP contribution is 2.43. The van der Waals surface area contributed by atoms with E-state index in [1.165, 1.54) is 38.5 Å². The van der Waals surface area contributed by atoms with E-state index >= 15 is 0 Å². The second-order valence-electron chi connectivity index (χ2n) is 5.08. The first-order chi connectivity index (χ1) is 6.66. The fourth-order valence-corrected chi connectivity index (χ4v) is 2.82. The van der Waals surface area contributed by atoms with E-state index in [2.05, 4.69) is 20.8 Å². The van der Waals surface area contributed by atoms with Gasteiger partial charge in [0, 0.05) is 7.11 Å². The summed E-state index contributed by atoms with van der Waals surface area (Å²) in [5.74, 6) is 0.885. The molecule has 1 heteroatoms. The van der Waals surface area contributed by atoms with Gasteiger partial charge in [-0.3, -0.25) is 0 Å². The molecule has 0 radical (unpaired) electrons. The second-order valence-corrected chi connectivity index (χ2v) is 5.08. The zero-order chi connectivity index (χ0) is 10.6. The predicted molar refractivity (Wildman–Crippen MR) is 61.4 cm³/mol. The van der Waals surface area contributed by atoms with Gasteiger partial charge in [-0.05, 0) is 30.6 Å². The Balaban J connectivity index is 2.57. The van der Waals surface area contributed by atoms with Gasteiger partial charge in [-0.25, -0.2) is 0 Å². The predicted octanol–water partition coefficient (Wildman–Crippen LogP) is 4.02. The van der Waals surface area contributed by atoms with Gasteiger partial charge in [-0.15, -0.1) is 0 Å². The Morgan fingerprint density at radius 1 is 1.21 bits per heavy atom. The molecule has 1 aliphatic carbocycles. The quantitative estimate of drug-likeness (QED) is 0.663. The largest absolute Gasteiger partial charge is 0.381 e. The lowest BCUT2D eigenvalue weighted by Crippen LogP contribution is -2.33. The summed E-state index contributed by atoms with van der Waals surface area (Å²) in [5, 5.41) is 0. The van der Waals surface area contributed by atoms with Gasteiger partial charge in [0.1, 0.15) is 0 Å². The highest BCUT2D eigenvalue weighted by Gasteiger charge is 2.34. The van der Waals surface area contributed by atoms with Crippen LogP contribution < -0.4 is 0 Å². The van der Waals surface area contributed by atoms with E-state index in [0.717, 1.165) is 5.92 Å². The van der Waals surface area contributed by atoms with Crippen molar-refractivity contribution in [2.75, 3.05) is 7.11 Å². The van der Waals surface area contributed by atoms with E-state index in [0.29, 0.717) is 11.5 Å². The molecule has 1 rings (SSSR count). The molecule has 84 valence electrons. The maximum absolute atomic E-state index is 5.51. The lowest BCUT2D eigenvalue weighted by Gasteiger charge is -2.41. The number of methoxy groups -OCH3 is 1. The van der Waals surface area contributed by atoms with Crippen LogP contribution in [0.15, 0.2) is 0 Å². The van der Waals surface area contributed by atoms with E-state index in [-0.39, 0.29) is 0 Å². The fourth-order valence-electron chi connectivity index (χ4n) is 2.82. The van der Waals surface area contributed by atoms with Crippen molar-refractivity contribution in [1.29, 1.82) is 0 Å². The molecule has 2 atom stereocenters. The third kappa shape index (κ3) is 2.50. The molecule has 2 unspecified atom stereocenters. The van der Waals surface area contributed by atoms with Gasteiger partial charge in [-0.1, -0.05) is 40.0 Å². The zero-order valence-corrected chi connectivity index (χ0v) is 10.3. The molecule has 0 spiro atoms. The Labute approximate surface area is 89.2 Å². The number of rotatable bonds is 4. The van der Waals surface area contributed by atoms with Crippen molar-refractivity contribution in [3.05, 3.63) is 0 Å². The molecular weight excluding hydrogens is 172 g/mol. The first kappa shape index (κ1) is 12.0. The van der Waals surface area contributed by atoms with Crippen LogP contribution in [0.5, 0.6) is 0 Å². The van der Waals surface area contributed by atoms with Crippen molar-refractivity contribution >= 4 is 0 Å². The topological polar surface area (TPSA) is 9.23 Å². The van der Waals surface area contributed by atoms with Crippen molar-refractivity contribution in [3.63, 3.8) is 0 Å². The van der Waals surface area contributed by atoms with Crippen molar-refractivity contribution in [3.8, 4) is 0 Å². The molecule has 0 aliphatic heterocycles. The highest BCUT2D eigenvalue weighted by atomic mass is 16.5. The molecule has 1 fully saturated rings. The summed E-state index contributed by atoms with van der Waals surface area (Å²) in [5.41, 5.74) is 0.553. The molecule has 1 saturated carbocycles. The van der Waals surface area contributed by atoms with Gasteiger partial charge < -0.3 is 4.74 Å². The molecule has 0 heterocycles. The van der Waals surface area contributed by atoms with Gasteiger partial charge in [0.15, 0.2) is 0 Å². The molecule has 0 aromatic carbocycles. The second kappa shape index (κ2) is 5.16. The van der Waals surface area contributed by atoms with Crippen molar-refractivity contribution < 1.29 is 4.74 Å². The van der Waals surface area contributed by atoms with Crippen LogP contribution in [0.1, 0.15) is 59.3 Å². The Bertz CT molecular complexity index is 161. The fraction of sp³-hybridized carbons (Fsp3) is 1.00. The third-order valence-corrected chi connectivity index (χ3v) is 4.56. The van der Waals surface area contributed by atoms with Crippen molar-refractivity contribution in [2.24, 2.45) is 11.3 Å². The number of hydrogen-bond acceptors (Lipinski definition) is 1. The standard InChI is InChI=1S/C13H26O/c1-5-13(3,6-2)11-8-7-9-12(10-11)14-4/h11-12H,5-10H2,1-4H3. The molecule has 1 nitrogen and oxygen atoms in total. The zero-order valence-electron chi connectivity index (χ0n) is 10.3. The molecule has 0 amide bonds. The Kier molecular flexibility index (Phi) is 4.43. The summed E-state index contributed by atoms with van der Waals surface area (Å²) in [6.07, 6.45) is 8.49. The van der Waals surface area contributed by atoms with Crippen LogP contribution in [0.3, 0.4) is 0 Å². The van der Waals surface area contributed by atoms with E-state index in [1.807, 2.05) is 7.11 Å². The summed E-state index contributed by atoms with van der Waals surface area (Å²) >= 11 is 0. The minimum absolute atomic E-state index is 0.533. The SMILES string of the molecule is CCC(C)(CC)C1CCCC(OC)C1. The van der Waals surface area contributed by atoms with Gasteiger partial charge in [0.25, 0.3) is 0 Å². The minimum atomic E-state index is 0.533. The Hall–Kier alpha value is -0.0400. The number of ether oxygens (including phenoxy) is 1. The molecule has 0 aromatic heterocycles. The minimum Gasteiger partial charge on any atom is -0.381 e. The van der Waals surface area contributed by atoms with Gasteiger partial charge >= 0.3 is 0 Å². The summed E-state index contributed by atoms with van der Waals surface area (Å²) in [4.78, 5) is 0. The normalized spacial score (nSPS) is 29.1. The van der Waals surface area contributed by atoms with E-state index in [9.17, 15) is 0 Å². The van der Waals surface area contributed by atoms with Crippen LogP contribution in [0.2, 0.25) is 0 Å². The molecule has 14 heavy (non-hydrogen) atoms. The smallest absolute Gasteiger partial charge is 0.0574 e. The summed E-state index contributed by atoms with van der Waals surface area (Å²) in [6.45, 7) is 7.12. The van der Waals surface area contributed by atoms with Crippen molar-refractivity contribution in [2.45, 2.75) is 65.4 Å². The van der Waals surface area contributed by atoms with Crippen molar-refractivity contribution in [1.82, 2.24) is 0 Å². The van der Waals surface area contributed by atoms with Gasteiger partial charge in [-0.2, -0.15) is 0 Å². The monoisotopic (exact) mass is 198 g/mol. The molecule has 0 N–H and O–H groups in total. The first-order valence-corrected chi connectivity index (χ1v) is 6.19. The molecule has 0 saturated heterocycles. The molecule has 0 aromatic rings. The van der Waals surface area contributed by atoms with Crippen LogP contribution in [0.25, 0.3) is 0 Å². The average Bonchev–Trinajstić information content (AvgIpc) is 2.28. The third-order valence-electron chi connectivity index (χ3n) is 4.56. The number of hydrogen-bond donors (Lipinski definition) is 0. The molecular formula is C13H26O. The van der Waals surface area contributed by atoms with E-state index in [4.69, 9.17) is 4.74 Å². The molecule has 1 aliphatic rings. The Morgan fingerprint density at radius 2 is 1.86 bits per heavy atom. The van der Waals surface area contributed by atoms with Gasteiger partial charge in [0.2, 0.25) is 0 Å². The van der Waals surface area contributed by atoms with Crippen LogP contribution in [-0.2, 0) is 4.74 Å². The summed E-state index contributed by atoms with van der Waals surface area (Å²) in [7, 11) is 1.86. The first-order valence-electron chi connectivity index (χ1n) is 6.19. The van der Waals surface area contributed by atoms with Crippen LogP contribution in [-0.4, -0.2) is 13.2 Å². The van der Waals surface area contributed by atoms with Crippen LogP contribution in [0.4, 0.5) is 0 Å². The van der Waals surface area contributed by atoms with E-state index < -0.39 is 0 Å². The summed E-state index contributed by atoms with van der Waals surface area (Å²) in [6, 6.07) is 0.